The molecule has 1 saturated heterocycles. The third kappa shape index (κ3) is 3.38. The summed E-state index contributed by atoms with van der Waals surface area (Å²) in [5.41, 5.74) is 1.09. The Balaban J connectivity index is 2.28. The number of para-hydroxylation sites is 1. The van der Waals surface area contributed by atoms with Gasteiger partial charge in [-0.05, 0) is 18.9 Å². The highest BCUT2D eigenvalue weighted by atomic mass is 16.5. The summed E-state index contributed by atoms with van der Waals surface area (Å²) in [6, 6.07) is 8.05. The maximum absolute atomic E-state index is 12.8. The van der Waals surface area contributed by atoms with Gasteiger partial charge in [-0.1, -0.05) is 32.0 Å². The molecule has 0 bridgehead atoms. The van der Waals surface area contributed by atoms with Gasteiger partial charge in [0, 0.05) is 31.1 Å². The van der Waals surface area contributed by atoms with E-state index in [-0.39, 0.29) is 17.9 Å². The lowest BCUT2D eigenvalue weighted by atomic mass is 9.97. The molecule has 1 aromatic rings. The molecule has 2 rings (SSSR count). The number of carbonyl (C=O) groups is 1. The number of piperazine rings is 1. The van der Waals surface area contributed by atoms with E-state index in [4.69, 9.17) is 4.74 Å². The monoisotopic (exact) mass is 290 g/mol. The molecule has 21 heavy (non-hydrogen) atoms. The number of benzene rings is 1. The van der Waals surface area contributed by atoms with Crippen molar-refractivity contribution < 1.29 is 9.53 Å². The van der Waals surface area contributed by atoms with Gasteiger partial charge in [-0.3, -0.25) is 4.79 Å². The van der Waals surface area contributed by atoms with Crippen LogP contribution in [0.4, 0.5) is 0 Å². The van der Waals surface area contributed by atoms with Crippen LogP contribution in [-0.2, 0) is 4.79 Å². The number of hydrogen-bond donors (Lipinski definition) is 1. The number of rotatable bonds is 5. The summed E-state index contributed by atoms with van der Waals surface area (Å²) in [5, 5.41) is 3.39. The summed E-state index contributed by atoms with van der Waals surface area (Å²) in [4.78, 5) is 14.8. The van der Waals surface area contributed by atoms with Gasteiger partial charge >= 0.3 is 0 Å². The van der Waals surface area contributed by atoms with E-state index in [2.05, 4.69) is 25.2 Å². The van der Waals surface area contributed by atoms with Crippen molar-refractivity contribution in [3.8, 4) is 5.75 Å². The minimum atomic E-state index is 0.0583. The zero-order chi connectivity index (χ0) is 15.2. The van der Waals surface area contributed by atoms with E-state index >= 15 is 0 Å². The maximum atomic E-state index is 12.8. The molecule has 116 valence electrons. The molecular weight excluding hydrogens is 264 g/mol. The molecule has 1 aliphatic heterocycles. The zero-order valence-electron chi connectivity index (χ0n) is 13.3. The van der Waals surface area contributed by atoms with Crippen LogP contribution in [0, 0.1) is 5.92 Å². The van der Waals surface area contributed by atoms with E-state index < -0.39 is 0 Å². The summed E-state index contributed by atoms with van der Waals surface area (Å²) >= 11 is 0. The van der Waals surface area contributed by atoms with Crippen molar-refractivity contribution in [1.29, 1.82) is 0 Å². The molecule has 1 heterocycles. The Kier molecular flexibility index (Phi) is 5.62. The predicted octanol–water partition coefficient (Wildman–Crippen LogP) is 2.60. The highest BCUT2D eigenvalue weighted by Gasteiger charge is 2.32. The predicted molar refractivity (Wildman–Crippen MR) is 84.4 cm³/mol. The fraction of sp³-hybridized carbons (Fsp3) is 0.588. The third-order valence-electron chi connectivity index (χ3n) is 4.36. The fourth-order valence-corrected chi connectivity index (χ4v) is 3.06. The van der Waals surface area contributed by atoms with Crippen molar-refractivity contribution >= 4 is 5.91 Å². The molecule has 1 aromatic carbocycles. The van der Waals surface area contributed by atoms with Crippen molar-refractivity contribution in [2.75, 3.05) is 26.7 Å². The molecule has 1 aliphatic rings. The minimum absolute atomic E-state index is 0.0583. The molecule has 1 amide bonds. The molecule has 1 N–H and O–H groups in total. The lowest BCUT2D eigenvalue weighted by Gasteiger charge is -2.38. The van der Waals surface area contributed by atoms with Gasteiger partial charge in [-0.15, -0.1) is 0 Å². The SMILES string of the molecule is CCC(CC)C(=O)N1CCNCC1c1ccccc1OC. The summed E-state index contributed by atoms with van der Waals surface area (Å²) in [5.74, 6) is 1.26. The van der Waals surface area contributed by atoms with Crippen molar-refractivity contribution in [3.63, 3.8) is 0 Å². The van der Waals surface area contributed by atoms with Gasteiger partial charge < -0.3 is 15.0 Å². The van der Waals surface area contributed by atoms with Crippen molar-refractivity contribution in [2.45, 2.75) is 32.7 Å². The standard InChI is InChI=1S/C17H26N2O2/c1-4-13(5-2)17(20)19-11-10-18-12-15(19)14-8-6-7-9-16(14)21-3/h6-9,13,15,18H,4-5,10-12H2,1-3H3. The summed E-state index contributed by atoms with van der Waals surface area (Å²) < 4.78 is 5.47. The first-order chi connectivity index (χ1) is 10.2. The largest absolute Gasteiger partial charge is 0.496 e. The van der Waals surface area contributed by atoms with Crippen LogP contribution >= 0.6 is 0 Å². The number of ether oxygens (including phenoxy) is 1. The highest BCUT2D eigenvalue weighted by molar-refractivity contribution is 5.79. The summed E-state index contributed by atoms with van der Waals surface area (Å²) in [6.07, 6.45) is 1.80. The first-order valence-electron chi connectivity index (χ1n) is 7.87. The number of methoxy groups -OCH3 is 1. The first kappa shape index (κ1) is 15.8. The lowest BCUT2D eigenvalue weighted by Crippen LogP contribution is -2.50. The average molecular weight is 290 g/mol. The van der Waals surface area contributed by atoms with E-state index in [9.17, 15) is 4.79 Å². The van der Waals surface area contributed by atoms with Crippen molar-refractivity contribution in [2.24, 2.45) is 5.92 Å². The number of hydrogen-bond acceptors (Lipinski definition) is 3. The van der Waals surface area contributed by atoms with Crippen molar-refractivity contribution in [3.05, 3.63) is 29.8 Å². The molecule has 0 saturated carbocycles. The number of nitrogens with one attached hydrogen (secondary N) is 1. The van der Waals surface area contributed by atoms with Gasteiger partial charge in [0.25, 0.3) is 0 Å². The van der Waals surface area contributed by atoms with Crippen LogP contribution in [-0.4, -0.2) is 37.6 Å². The third-order valence-corrected chi connectivity index (χ3v) is 4.36. The van der Waals surface area contributed by atoms with E-state index in [1.807, 2.05) is 23.1 Å². The molecule has 1 atom stereocenters. The fourth-order valence-electron chi connectivity index (χ4n) is 3.06. The molecule has 4 heteroatoms. The smallest absolute Gasteiger partial charge is 0.226 e. The molecule has 0 aromatic heterocycles. The van der Waals surface area contributed by atoms with Crippen LogP contribution in [0.5, 0.6) is 5.75 Å². The van der Waals surface area contributed by atoms with Gasteiger partial charge in [0.2, 0.25) is 5.91 Å². The number of nitrogens with zero attached hydrogens (tertiary/aromatic N) is 1. The molecule has 4 nitrogen and oxygen atoms in total. The van der Waals surface area contributed by atoms with E-state index in [1.165, 1.54) is 0 Å². The van der Waals surface area contributed by atoms with Crippen LogP contribution in [0.2, 0.25) is 0 Å². The van der Waals surface area contributed by atoms with Crippen LogP contribution in [0.1, 0.15) is 38.3 Å². The van der Waals surface area contributed by atoms with Crippen LogP contribution in [0.3, 0.4) is 0 Å². The van der Waals surface area contributed by atoms with E-state index in [0.29, 0.717) is 0 Å². The Morgan fingerprint density at radius 1 is 1.38 bits per heavy atom. The zero-order valence-corrected chi connectivity index (χ0v) is 13.3. The lowest BCUT2D eigenvalue weighted by molar-refractivity contribution is -0.139. The van der Waals surface area contributed by atoms with Crippen LogP contribution in [0.15, 0.2) is 24.3 Å². The molecular formula is C17H26N2O2. The van der Waals surface area contributed by atoms with Gasteiger partial charge in [-0.25, -0.2) is 0 Å². The molecule has 0 aliphatic carbocycles. The van der Waals surface area contributed by atoms with Gasteiger partial charge in [-0.2, -0.15) is 0 Å². The highest BCUT2D eigenvalue weighted by Crippen LogP contribution is 2.31. The first-order valence-corrected chi connectivity index (χ1v) is 7.87. The molecule has 1 unspecified atom stereocenters. The Hall–Kier alpha value is -1.55. The van der Waals surface area contributed by atoms with E-state index in [0.717, 1.165) is 43.8 Å². The maximum Gasteiger partial charge on any atom is 0.226 e. The number of carbonyl (C=O) groups excluding carboxylic acids is 1. The minimum Gasteiger partial charge on any atom is -0.496 e. The Morgan fingerprint density at radius 3 is 2.76 bits per heavy atom. The number of amides is 1. The topological polar surface area (TPSA) is 41.6 Å². The van der Waals surface area contributed by atoms with Gasteiger partial charge in [0.05, 0.1) is 13.2 Å². The second kappa shape index (κ2) is 7.46. The molecule has 1 fully saturated rings. The van der Waals surface area contributed by atoms with Gasteiger partial charge in [0.1, 0.15) is 5.75 Å². The van der Waals surface area contributed by atoms with Crippen LogP contribution < -0.4 is 10.1 Å². The van der Waals surface area contributed by atoms with Crippen LogP contribution in [0.25, 0.3) is 0 Å². The Bertz CT molecular complexity index is 472. The van der Waals surface area contributed by atoms with Gasteiger partial charge in [0.15, 0.2) is 0 Å². The Morgan fingerprint density at radius 2 is 2.10 bits per heavy atom. The Labute approximate surface area is 127 Å². The normalized spacial score (nSPS) is 18.9. The molecule has 0 spiro atoms. The van der Waals surface area contributed by atoms with Crippen molar-refractivity contribution in [1.82, 2.24) is 10.2 Å². The second-order valence-electron chi connectivity index (χ2n) is 5.51. The quantitative estimate of drug-likeness (QED) is 0.906. The molecule has 0 radical (unpaired) electrons. The van der Waals surface area contributed by atoms with E-state index in [1.54, 1.807) is 7.11 Å². The second-order valence-corrected chi connectivity index (χ2v) is 5.51. The summed E-state index contributed by atoms with van der Waals surface area (Å²) in [7, 11) is 1.68. The average Bonchev–Trinajstić information content (AvgIpc) is 2.55. The summed E-state index contributed by atoms with van der Waals surface area (Å²) in [6.45, 7) is 6.58.